The molecule has 4 rings (SSSR count). The minimum atomic E-state index is 0.522. The highest BCUT2D eigenvalue weighted by atomic mass is 32.1. The van der Waals surface area contributed by atoms with Crippen LogP contribution in [0.25, 0.3) is 21.3 Å². The van der Waals surface area contributed by atoms with Crippen molar-refractivity contribution in [2.75, 3.05) is 0 Å². The average molecular weight is 360 g/mol. The smallest absolute Gasteiger partial charge is 0.231 e. The molecule has 5 heteroatoms. The SMILES string of the molecule is Cc1ccc(-c2c(C)sc3ncnc(Oc4ccc(C=O)cc4)c23)cc1. The summed E-state index contributed by atoms with van der Waals surface area (Å²) in [6.45, 7) is 4.16. The third kappa shape index (κ3) is 2.97. The number of hydrogen-bond acceptors (Lipinski definition) is 5. The van der Waals surface area contributed by atoms with Crippen LogP contribution in [0.2, 0.25) is 0 Å². The Hall–Kier alpha value is -3.05. The van der Waals surface area contributed by atoms with Crippen LogP contribution in [0.1, 0.15) is 20.8 Å². The van der Waals surface area contributed by atoms with Gasteiger partial charge in [0.1, 0.15) is 23.2 Å². The number of hydrogen-bond donors (Lipinski definition) is 0. The van der Waals surface area contributed by atoms with Gasteiger partial charge in [-0.1, -0.05) is 29.8 Å². The van der Waals surface area contributed by atoms with Crippen molar-refractivity contribution in [1.29, 1.82) is 0 Å². The number of aldehydes is 1. The topological polar surface area (TPSA) is 52.1 Å². The van der Waals surface area contributed by atoms with Crippen molar-refractivity contribution in [3.8, 4) is 22.8 Å². The average Bonchev–Trinajstić information content (AvgIpc) is 3.00. The highest BCUT2D eigenvalue weighted by Gasteiger charge is 2.18. The third-order valence-corrected chi connectivity index (χ3v) is 5.21. The van der Waals surface area contributed by atoms with Crippen LogP contribution in [0, 0.1) is 13.8 Å². The summed E-state index contributed by atoms with van der Waals surface area (Å²) >= 11 is 1.63. The molecule has 0 saturated heterocycles. The standard InChI is InChI=1S/C21H16N2O2S/c1-13-3-7-16(8-4-13)18-14(2)26-21-19(18)20(22-12-23-21)25-17-9-5-15(11-24)6-10-17/h3-12H,1-2H3. The lowest BCUT2D eigenvalue weighted by atomic mass is 10.0. The number of nitrogens with zero attached hydrogens (tertiary/aromatic N) is 2. The molecule has 0 radical (unpaired) electrons. The van der Waals surface area contributed by atoms with E-state index in [-0.39, 0.29) is 0 Å². The highest BCUT2D eigenvalue weighted by molar-refractivity contribution is 7.19. The van der Waals surface area contributed by atoms with Gasteiger partial charge in [0.05, 0.1) is 5.39 Å². The van der Waals surface area contributed by atoms with Crippen LogP contribution in [-0.2, 0) is 0 Å². The summed E-state index contributed by atoms with van der Waals surface area (Å²) in [4.78, 5) is 21.7. The number of carbonyl (C=O) groups excluding carboxylic acids is 1. The van der Waals surface area contributed by atoms with Gasteiger partial charge in [-0.05, 0) is 43.7 Å². The van der Waals surface area contributed by atoms with Gasteiger partial charge in [-0.2, -0.15) is 0 Å². The monoisotopic (exact) mass is 360 g/mol. The summed E-state index contributed by atoms with van der Waals surface area (Å²) in [6, 6.07) is 15.4. The van der Waals surface area contributed by atoms with E-state index in [0.29, 0.717) is 17.2 Å². The van der Waals surface area contributed by atoms with E-state index < -0.39 is 0 Å². The highest BCUT2D eigenvalue weighted by Crippen LogP contribution is 2.42. The Labute approximate surface area is 155 Å². The Bertz CT molecular complexity index is 1080. The lowest BCUT2D eigenvalue weighted by Crippen LogP contribution is -1.91. The molecule has 0 spiro atoms. The summed E-state index contributed by atoms with van der Waals surface area (Å²) in [6.07, 6.45) is 2.33. The second kappa shape index (κ2) is 6.69. The van der Waals surface area contributed by atoms with Gasteiger partial charge >= 0.3 is 0 Å². The Kier molecular flexibility index (Phi) is 4.22. The van der Waals surface area contributed by atoms with Crippen LogP contribution in [0.5, 0.6) is 11.6 Å². The largest absolute Gasteiger partial charge is 0.438 e. The third-order valence-electron chi connectivity index (χ3n) is 4.20. The maximum Gasteiger partial charge on any atom is 0.231 e. The number of thiophene rings is 1. The number of fused-ring (bicyclic) bond motifs is 1. The second-order valence-electron chi connectivity index (χ2n) is 6.05. The first-order chi connectivity index (χ1) is 12.7. The maximum atomic E-state index is 10.8. The summed E-state index contributed by atoms with van der Waals surface area (Å²) < 4.78 is 6.03. The number of aryl methyl sites for hydroxylation is 2. The molecule has 0 unspecified atom stereocenters. The molecule has 0 bridgehead atoms. The van der Waals surface area contributed by atoms with E-state index in [4.69, 9.17) is 4.74 Å². The molecule has 4 aromatic rings. The normalized spacial score (nSPS) is 10.8. The van der Waals surface area contributed by atoms with E-state index in [0.717, 1.165) is 27.6 Å². The van der Waals surface area contributed by atoms with E-state index in [9.17, 15) is 4.79 Å². The summed E-state index contributed by atoms with van der Waals surface area (Å²) in [5.41, 5.74) is 4.05. The first kappa shape index (κ1) is 16.4. The summed E-state index contributed by atoms with van der Waals surface area (Å²) in [5.74, 6) is 1.16. The minimum Gasteiger partial charge on any atom is -0.438 e. The van der Waals surface area contributed by atoms with Gasteiger partial charge in [-0.3, -0.25) is 4.79 Å². The number of aromatic nitrogens is 2. The number of ether oxygens (including phenoxy) is 1. The minimum absolute atomic E-state index is 0.522. The molecule has 0 aliphatic carbocycles. The molecule has 0 fully saturated rings. The van der Waals surface area contributed by atoms with Crippen molar-refractivity contribution in [2.45, 2.75) is 13.8 Å². The van der Waals surface area contributed by atoms with Crippen molar-refractivity contribution in [3.63, 3.8) is 0 Å². The Morgan fingerprint density at radius 3 is 2.38 bits per heavy atom. The predicted octanol–water partition coefficient (Wildman–Crippen LogP) is 5.58. The Morgan fingerprint density at radius 2 is 1.69 bits per heavy atom. The zero-order valence-electron chi connectivity index (χ0n) is 14.4. The Morgan fingerprint density at radius 1 is 0.962 bits per heavy atom. The molecule has 0 aliphatic heterocycles. The molecule has 128 valence electrons. The lowest BCUT2D eigenvalue weighted by Gasteiger charge is -2.08. The van der Waals surface area contributed by atoms with E-state index in [1.165, 1.54) is 16.8 Å². The number of carbonyl (C=O) groups is 1. The number of benzene rings is 2. The molecule has 0 atom stereocenters. The molecule has 0 aliphatic rings. The van der Waals surface area contributed by atoms with Crippen molar-refractivity contribution in [2.24, 2.45) is 0 Å². The predicted molar refractivity (Wildman–Crippen MR) is 104 cm³/mol. The van der Waals surface area contributed by atoms with Gasteiger partial charge in [0.25, 0.3) is 0 Å². The van der Waals surface area contributed by atoms with E-state index in [1.807, 2.05) is 0 Å². The summed E-state index contributed by atoms with van der Waals surface area (Å²) in [7, 11) is 0. The van der Waals surface area contributed by atoms with Crippen LogP contribution in [0.15, 0.2) is 54.9 Å². The van der Waals surface area contributed by atoms with Crippen LogP contribution in [0.3, 0.4) is 0 Å². The quantitative estimate of drug-likeness (QED) is 0.446. The lowest BCUT2D eigenvalue weighted by molar-refractivity contribution is 0.112. The molecule has 4 nitrogen and oxygen atoms in total. The zero-order valence-corrected chi connectivity index (χ0v) is 15.2. The molecule has 0 amide bonds. The van der Waals surface area contributed by atoms with Crippen molar-refractivity contribution < 1.29 is 9.53 Å². The fourth-order valence-electron chi connectivity index (χ4n) is 2.89. The molecular weight excluding hydrogens is 344 g/mol. The molecule has 2 aromatic carbocycles. The molecule has 0 N–H and O–H groups in total. The van der Waals surface area contributed by atoms with Crippen LogP contribution < -0.4 is 4.74 Å². The molecule has 26 heavy (non-hydrogen) atoms. The van der Waals surface area contributed by atoms with Gasteiger partial charge in [-0.25, -0.2) is 9.97 Å². The summed E-state index contributed by atoms with van der Waals surface area (Å²) in [5, 5.41) is 0.915. The van der Waals surface area contributed by atoms with Gasteiger partial charge in [0.15, 0.2) is 0 Å². The van der Waals surface area contributed by atoms with Crippen LogP contribution in [-0.4, -0.2) is 16.3 Å². The van der Waals surface area contributed by atoms with Gasteiger partial charge < -0.3 is 4.74 Å². The molecule has 0 saturated carbocycles. The first-order valence-corrected chi connectivity index (χ1v) is 9.01. The van der Waals surface area contributed by atoms with Crippen molar-refractivity contribution in [1.82, 2.24) is 9.97 Å². The van der Waals surface area contributed by atoms with Gasteiger partial charge in [0, 0.05) is 16.0 Å². The first-order valence-electron chi connectivity index (χ1n) is 8.20. The fourth-order valence-corrected chi connectivity index (χ4v) is 3.89. The van der Waals surface area contributed by atoms with Crippen molar-refractivity contribution in [3.05, 3.63) is 70.9 Å². The maximum absolute atomic E-state index is 10.8. The molecule has 2 aromatic heterocycles. The molecule has 2 heterocycles. The van der Waals surface area contributed by atoms with Crippen LogP contribution in [0.4, 0.5) is 0 Å². The number of rotatable bonds is 4. The van der Waals surface area contributed by atoms with Crippen LogP contribution >= 0.6 is 11.3 Å². The van der Waals surface area contributed by atoms with E-state index in [1.54, 1.807) is 35.6 Å². The van der Waals surface area contributed by atoms with E-state index in [2.05, 4.69) is 48.1 Å². The van der Waals surface area contributed by atoms with Gasteiger partial charge in [-0.15, -0.1) is 11.3 Å². The zero-order chi connectivity index (χ0) is 18.1. The Balaban J connectivity index is 1.84. The van der Waals surface area contributed by atoms with E-state index >= 15 is 0 Å². The van der Waals surface area contributed by atoms with Gasteiger partial charge in [0.2, 0.25) is 5.88 Å². The fraction of sp³-hybridized carbons (Fsp3) is 0.0952. The van der Waals surface area contributed by atoms with Crippen molar-refractivity contribution >= 4 is 27.8 Å². The second-order valence-corrected chi connectivity index (χ2v) is 7.25. The molecular formula is C21H16N2O2S.